The fourth-order valence-corrected chi connectivity index (χ4v) is 3.41. The molecule has 1 atom stereocenters. The molecule has 0 amide bonds. The number of aromatic amines is 2. The summed E-state index contributed by atoms with van der Waals surface area (Å²) < 4.78 is 6.05. The molecule has 0 aliphatic carbocycles. The topological polar surface area (TPSA) is 79.5 Å². The second kappa shape index (κ2) is 6.38. The number of pyridine rings is 1. The van der Waals surface area contributed by atoms with Crippen molar-refractivity contribution < 1.29 is 4.74 Å². The maximum Gasteiger partial charge on any atom is 0.124 e. The molecule has 0 spiro atoms. The number of aromatic nitrogens is 5. The van der Waals surface area contributed by atoms with Gasteiger partial charge in [0.1, 0.15) is 17.5 Å². The molecule has 8 heteroatoms. The SMILES string of the molecule is C[C@@H](Oc1ccc2[nH]nc(-c3cn[nH]c3)c2c1)c1c(Cl)cncc1Cl. The third-order valence-electron chi connectivity index (χ3n) is 3.92. The van der Waals surface area contributed by atoms with Gasteiger partial charge in [-0.3, -0.25) is 15.2 Å². The number of hydrogen-bond acceptors (Lipinski definition) is 4. The number of rotatable bonds is 4. The van der Waals surface area contributed by atoms with E-state index >= 15 is 0 Å². The highest BCUT2D eigenvalue weighted by atomic mass is 35.5. The quantitative estimate of drug-likeness (QED) is 0.538. The lowest BCUT2D eigenvalue weighted by atomic mass is 10.1. The van der Waals surface area contributed by atoms with Crippen LogP contribution < -0.4 is 4.74 Å². The molecule has 0 unspecified atom stereocenters. The average molecular weight is 374 g/mol. The van der Waals surface area contributed by atoms with Crippen molar-refractivity contribution in [2.45, 2.75) is 13.0 Å². The van der Waals surface area contributed by atoms with Gasteiger partial charge in [-0.1, -0.05) is 23.2 Å². The Balaban J connectivity index is 1.69. The monoisotopic (exact) mass is 373 g/mol. The van der Waals surface area contributed by atoms with Gasteiger partial charge < -0.3 is 4.74 Å². The molecule has 0 aliphatic heterocycles. The van der Waals surface area contributed by atoms with Crippen LogP contribution in [0, 0.1) is 0 Å². The van der Waals surface area contributed by atoms with E-state index in [1.807, 2.05) is 25.1 Å². The Bertz CT molecular complexity index is 1010. The van der Waals surface area contributed by atoms with E-state index in [9.17, 15) is 0 Å². The van der Waals surface area contributed by atoms with E-state index in [0.717, 1.165) is 22.2 Å². The summed E-state index contributed by atoms with van der Waals surface area (Å²) in [6.07, 6.45) is 6.30. The summed E-state index contributed by atoms with van der Waals surface area (Å²) in [4.78, 5) is 3.97. The molecular weight excluding hydrogens is 361 g/mol. The zero-order chi connectivity index (χ0) is 17.4. The van der Waals surface area contributed by atoms with Gasteiger partial charge in [-0.05, 0) is 25.1 Å². The number of nitrogens with zero attached hydrogens (tertiary/aromatic N) is 3. The van der Waals surface area contributed by atoms with Crippen molar-refractivity contribution in [1.29, 1.82) is 0 Å². The van der Waals surface area contributed by atoms with Crippen LogP contribution in [-0.2, 0) is 0 Å². The summed E-state index contributed by atoms with van der Waals surface area (Å²) in [6, 6.07) is 5.73. The second-order valence-electron chi connectivity index (χ2n) is 5.54. The first kappa shape index (κ1) is 15.9. The number of ether oxygens (including phenoxy) is 1. The minimum absolute atomic E-state index is 0.329. The molecule has 0 radical (unpaired) electrons. The van der Waals surface area contributed by atoms with Gasteiger partial charge in [0.05, 0.1) is 21.8 Å². The van der Waals surface area contributed by atoms with Gasteiger partial charge in [0.2, 0.25) is 0 Å². The normalized spacial score (nSPS) is 12.4. The Morgan fingerprint density at radius 1 is 1.12 bits per heavy atom. The van der Waals surface area contributed by atoms with Crippen LogP contribution in [-0.4, -0.2) is 25.4 Å². The van der Waals surface area contributed by atoms with Crippen molar-refractivity contribution >= 4 is 34.1 Å². The van der Waals surface area contributed by atoms with Crippen LogP contribution in [0.5, 0.6) is 5.75 Å². The van der Waals surface area contributed by atoms with Crippen molar-refractivity contribution in [1.82, 2.24) is 25.4 Å². The molecule has 3 heterocycles. The Morgan fingerprint density at radius 3 is 2.64 bits per heavy atom. The van der Waals surface area contributed by atoms with Crippen LogP contribution >= 0.6 is 23.2 Å². The summed E-state index contributed by atoms with van der Waals surface area (Å²) >= 11 is 12.4. The molecule has 25 heavy (non-hydrogen) atoms. The lowest BCUT2D eigenvalue weighted by Gasteiger charge is -2.17. The molecule has 1 aromatic carbocycles. The van der Waals surface area contributed by atoms with Crippen LogP contribution in [0.1, 0.15) is 18.6 Å². The summed E-state index contributed by atoms with van der Waals surface area (Å²) in [5.74, 6) is 0.690. The predicted octanol–water partition coefficient (Wildman–Crippen LogP) is 4.79. The van der Waals surface area contributed by atoms with E-state index in [1.54, 1.807) is 24.8 Å². The Hall–Kier alpha value is -2.57. The fraction of sp³-hybridized carbons (Fsp3) is 0.118. The summed E-state index contributed by atoms with van der Waals surface area (Å²) in [7, 11) is 0. The van der Waals surface area contributed by atoms with E-state index in [1.165, 1.54) is 0 Å². The Kier molecular flexibility index (Phi) is 4.07. The van der Waals surface area contributed by atoms with Gasteiger partial charge in [0, 0.05) is 35.1 Å². The van der Waals surface area contributed by atoms with Crippen LogP contribution in [0.4, 0.5) is 0 Å². The summed E-state index contributed by atoms with van der Waals surface area (Å²) in [6.45, 7) is 1.89. The zero-order valence-electron chi connectivity index (χ0n) is 13.1. The van der Waals surface area contributed by atoms with Gasteiger partial charge in [-0.15, -0.1) is 0 Å². The summed E-state index contributed by atoms with van der Waals surface area (Å²) in [5, 5.41) is 16.0. The maximum absolute atomic E-state index is 6.21. The maximum atomic E-state index is 6.21. The summed E-state index contributed by atoms with van der Waals surface area (Å²) in [5.41, 5.74) is 3.33. The number of halogens is 2. The highest BCUT2D eigenvalue weighted by Crippen LogP contribution is 2.34. The van der Waals surface area contributed by atoms with E-state index in [2.05, 4.69) is 25.4 Å². The number of hydrogen-bond donors (Lipinski definition) is 2. The third-order valence-corrected chi connectivity index (χ3v) is 4.52. The Morgan fingerprint density at radius 2 is 1.92 bits per heavy atom. The molecule has 4 rings (SSSR count). The highest BCUT2D eigenvalue weighted by Gasteiger charge is 2.17. The molecule has 126 valence electrons. The van der Waals surface area contributed by atoms with E-state index in [-0.39, 0.29) is 6.10 Å². The van der Waals surface area contributed by atoms with Crippen molar-refractivity contribution in [3.8, 4) is 17.0 Å². The fourth-order valence-electron chi connectivity index (χ4n) is 2.74. The number of benzene rings is 1. The van der Waals surface area contributed by atoms with E-state index in [0.29, 0.717) is 21.4 Å². The lowest BCUT2D eigenvalue weighted by Crippen LogP contribution is -2.05. The van der Waals surface area contributed by atoms with Crippen LogP contribution in [0.25, 0.3) is 22.2 Å². The van der Waals surface area contributed by atoms with Gasteiger partial charge in [0.15, 0.2) is 0 Å². The number of fused-ring (bicyclic) bond motifs is 1. The minimum atomic E-state index is -0.329. The molecule has 4 aromatic rings. The first-order chi connectivity index (χ1) is 12.1. The van der Waals surface area contributed by atoms with Crippen molar-refractivity contribution in [2.24, 2.45) is 0 Å². The molecule has 0 fully saturated rings. The lowest BCUT2D eigenvalue weighted by molar-refractivity contribution is 0.227. The van der Waals surface area contributed by atoms with Crippen LogP contribution in [0.15, 0.2) is 43.0 Å². The molecule has 0 saturated heterocycles. The zero-order valence-corrected chi connectivity index (χ0v) is 14.6. The molecule has 0 aliphatic rings. The van der Waals surface area contributed by atoms with Crippen molar-refractivity contribution in [3.05, 3.63) is 58.6 Å². The highest BCUT2D eigenvalue weighted by molar-refractivity contribution is 6.35. The number of H-pyrrole nitrogens is 2. The first-order valence-electron chi connectivity index (χ1n) is 7.56. The molecule has 6 nitrogen and oxygen atoms in total. The Labute approximate surface area is 153 Å². The second-order valence-corrected chi connectivity index (χ2v) is 6.36. The standard InChI is InChI=1S/C17H13Cl2N5O/c1-9(16-13(18)7-20-8-14(16)19)25-11-2-3-15-12(4-11)17(24-23-15)10-5-21-22-6-10/h2-9H,1H3,(H,21,22)(H,23,24)/t9-/m1/s1. The van der Waals surface area contributed by atoms with Gasteiger partial charge >= 0.3 is 0 Å². The molecule has 0 bridgehead atoms. The number of nitrogens with one attached hydrogen (secondary N) is 2. The van der Waals surface area contributed by atoms with Gasteiger partial charge in [-0.25, -0.2) is 0 Å². The predicted molar refractivity (Wildman–Crippen MR) is 97.0 cm³/mol. The molecule has 3 aromatic heterocycles. The van der Waals surface area contributed by atoms with E-state index in [4.69, 9.17) is 27.9 Å². The van der Waals surface area contributed by atoms with Crippen LogP contribution in [0.2, 0.25) is 10.0 Å². The molecule has 2 N–H and O–H groups in total. The third kappa shape index (κ3) is 2.94. The minimum Gasteiger partial charge on any atom is -0.486 e. The molecule has 0 saturated carbocycles. The van der Waals surface area contributed by atoms with Gasteiger partial charge in [-0.2, -0.15) is 10.2 Å². The molecular formula is C17H13Cl2N5O. The van der Waals surface area contributed by atoms with Gasteiger partial charge in [0.25, 0.3) is 0 Å². The first-order valence-corrected chi connectivity index (χ1v) is 8.32. The van der Waals surface area contributed by atoms with Crippen molar-refractivity contribution in [3.63, 3.8) is 0 Å². The van der Waals surface area contributed by atoms with Crippen LogP contribution in [0.3, 0.4) is 0 Å². The smallest absolute Gasteiger partial charge is 0.124 e. The average Bonchev–Trinajstić information content (AvgIpc) is 3.23. The largest absolute Gasteiger partial charge is 0.486 e. The van der Waals surface area contributed by atoms with Crippen molar-refractivity contribution in [2.75, 3.05) is 0 Å². The van der Waals surface area contributed by atoms with E-state index < -0.39 is 0 Å².